The van der Waals surface area contributed by atoms with Gasteiger partial charge in [-0.2, -0.15) is 13.2 Å². The number of hydrogen-bond donors (Lipinski definition) is 1. The molecule has 2 amide bonds. The molecule has 1 unspecified atom stereocenters. The molecular formula is C35H33Cl3F3N3O4S. The van der Waals surface area contributed by atoms with Gasteiger partial charge in [-0.15, -0.1) is 0 Å². The average Bonchev–Trinajstić information content (AvgIpc) is 3.02. The largest absolute Gasteiger partial charge is 0.417 e. The molecule has 260 valence electrons. The maximum absolute atomic E-state index is 14.6. The second kappa shape index (κ2) is 15.4. The van der Waals surface area contributed by atoms with Gasteiger partial charge in [0, 0.05) is 28.5 Å². The van der Waals surface area contributed by atoms with Crippen LogP contribution in [0.5, 0.6) is 0 Å². The predicted octanol–water partition coefficient (Wildman–Crippen LogP) is 8.42. The zero-order valence-electron chi connectivity index (χ0n) is 26.6. The summed E-state index contributed by atoms with van der Waals surface area (Å²) in [7, 11) is -4.65. The van der Waals surface area contributed by atoms with Gasteiger partial charge in [0.05, 0.1) is 21.2 Å². The fourth-order valence-corrected chi connectivity index (χ4v) is 7.09. The molecular weight excluding hydrogens is 722 g/mol. The van der Waals surface area contributed by atoms with E-state index in [4.69, 9.17) is 34.8 Å². The smallest absolute Gasteiger partial charge is 0.350 e. The van der Waals surface area contributed by atoms with E-state index in [9.17, 15) is 31.2 Å². The van der Waals surface area contributed by atoms with Gasteiger partial charge in [0.25, 0.3) is 10.0 Å². The summed E-state index contributed by atoms with van der Waals surface area (Å²) < 4.78 is 70.6. The molecule has 0 aliphatic heterocycles. The van der Waals surface area contributed by atoms with Crippen LogP contribution in [0.3, 0.4) is 0 Å². The number of hydrogen-bond acceptors (Lipinski definition) is 4. The van der Waals surface area contributed by atoms with Gasteiger partial charge in [0.15, 0.2) is 0 Å². The molecule has 0 aliphatic carbocycles. The van der Waals surface area contributed by atoms with Crippen LogP contribution < -0.4 is 9.62 Å². The van der Waals surface area contributed by atoms with Crippen molar-refractivity contribution in [1.29, 1.82) is 0 Å². The Morgan fingerprint density at radius 3 is 2.00 bits per heavy atom. The van der Waals surface area contributed by atoms with Crippen LogP contribution in [0.25, 0.3) is 0 Å². The molecule has 4 rings (SSSR count). The minimum atomic E-state index is -4.93. The number of nitrogens with one attached hydrogen (secondary N) is 1. The number of sulfonamides is 1. The van der Waals surface area contributed by atoms with Crippen molar-refractivity contribution in [3.8, 4) is 0 Å². The zero-order chi connectivity index (χ0) is 36.1. The first kappa shape index (κ1) is 38.0. The third kappa shape index (κ3) is 9.91. The Hall–Kier alpha value is -3.77. The fourth-order valence-electron chi connectivity index (χ4n) is 4.97. The van der Waals surface area contributed by atoms with Gasteiger partial charge in [-0.25, -0.2) is 8.42 Å². The number of carbonyl (C=O) groups is 2. The van der Waals surface area contributed by atoms with Gasteiger partial charge in [0.2, 0.25) is 11.8 Å². The van der Waals surface area contributed by atoms with Gasteiger partial charge in [-0.05, 0) is 74.4 Å². The molecule has 1 N–H and O–H groups in total. The van der Waals surface area contributed by atoms with Crippen LogP contribution in [0, 0.1) is 0 Å². The summed E-state index contributed by atoms with van der Waals surface area (Å²) in [6.45, 7) is 4.05. The number of alkyl halides is 3. The Morgan fingerprint density at radius 1 is 0.816 bits per heavy atom. The summed E-state index contributed by atoms with van der Waals surface area (Å²) in [6, 6.07) is 21.8. The number of carbonyl (C=O) groups excluding carboxylic acids is 2. The van der Waals surface area contributed by atoms with E-state index in [0.29, 0.717) is 26.5 Å². The summed E-state index contributed by atoms with van der Waals surface area (Å²) in [5, 5.41) is 2.75. The first-order valence-corrected chi connectivity index (χ1v) is 17.5. The second-order valence-corrected chi connectivity index (χ2v) is 15.3. The highest BCUT2D eigenvalue weighted by molar-refractivity contribution is 7.92. The maximum atomic E-state index is 14.6. The van der Waals surface area contributed by atoms with Gasteiger partial charge in [-0.3, -0.25) is 13.9 Å². The summed E-state index contributed by atoms with van der Waals surface area (Å²) >= 11 is 18.5. The van der Waals surface area contributed by atoms with E-state index in [1.165, 1.54) is 35.2 Å². The summed E-state index contributed by atoms with van der Waals surface area (Å²) in [5.74, 6) is -1.43. The molecule has 14 heteroatoms. The van der Waals surface area contributed by atoms with Gasteiger partial charge in [0.1, 0.15) is 12.6 Å². The number of nitrogens with zero attached hydrogens (tertiary/aromatic N) is 2. The average molecular weight is 755 g/mol. The Labute approximate surface area is 298 Å². The Morgan fingerprint density at radius 2 is 1.43 bits per heavy atom. The first-order chi connectivity index (χ1) is 22.9. The molecule has 0 heterocycles. The molecule has 7 nitrogen and oxygen atoms in total. The highest BCUT2D eigenvalue weighted by Gasteiger charge is 2.38. The molecule has 0 bridgehead atoms. The van der Waals surface area contributed by atoms with Gasteiger partial charge >= 0.3 is 6.18 Å². The third-order valence-corrected chi connectivity index (χ3v) is 9.98. The van der Waals surface area contributed by atoms with Gasteiger partial charge < -0.3 is 10.2 Å². The van der Waals surface area contributed by atoms with Crippen molar-refractivity contribution in [3.63, 3.8) is 0 Å². The summed E-state index contributed by atoms with van der Waals surface area (Å²) in [5.41, 5.74) is -1.39. The van der Waals surface area contributed by atoms with Crippen LogP contribution in [-0.4, -0.2) is 43.3 Å². The standard InChI is InChI=1S/C35H33Cl3F3N3O4S/c1-34(2,3)42-33(46)31(18-23-10-6-4-7-11-23)43(21-24-14-15-25(36)19-30(24)38)32(45)22-44(49(47,48)27-12-8-5-9-13-27)26-16-17-29(37)28(20-26)35(39,40)41/h4-17,19-20,31H,18,21-22H2,1-3H3,(H,42,46). The number of benzene rings is 4. The molecule has 0 aromatic heterocycles. The fraction of sp³-hybridized carbons (Fsp3) is 0.257. The van der Waals surface area contributed by atoms with Crippen LogP contribution in [0.15, 0.2) is 102 Å². The molecule has 4 aromatic rings. The Kier molecular flexibility index (Phi) is 12.0. The van der Waals surface area contributed by atoms with Crippen LogP contribution in [-0.2, 0) is 38.8 Å². The highest BCUT2D eigenvalue weighted by Crippen LogP contribution is 2.38. The molecule has 0 saturated carbocycles. The Balaban J connectivity index is 1.89. The van der Waals surface area contributed by atoms with Crippen LogP contribution in [0.4, 0.5) is 18.9 Å². The lowest BCUT2D eigenvalue weighted by atomic mass is 10.0. The molecule has 0 aliphatic rings. The van der Waals surface area contributed by atoms with E-state index in [2.05, 4.69) is 5.32 Å². The number of rotatable bonds is 11. The second-order valence-electron chi connectivity index (χ2n) is 12.2. The molecule has 0 radical (unpaired) electrons. The lowest BCUT2D eigenvalue weighted by Gasteiger charge is -2.35. The quantitative estimate of drug-likeness (QED) is 0.167. The third-order valence-electron chi connectivity index (χ3n) is 7.28. The number of amides is 2. The van der Waals surface area contributed by atoms with Crippen LogP contribution in [0.2, 0.25) is 15.1 Å². The minimum absolute atomic E-state index is 0.0182. The van der Waals surface area contributed by atoms with Crippen LogP contribution >= 0.6 is 34.8 Å². The van der Waals surface area contributed by atoms with E-state index in [1.54, 1.807) is 69.3 Å². The lowest BCUT2D eigenvalue weighted by molar-refractivity contribution is -0.140. The van der Waals surface area contributed by atoms with E-state index < -0.39 is 62.4 Å². The van der Waals surface area contributed by atoms with E-state index in [-0.39, 0.29) is 22.9 Å². The van der Waals surface area contributed by atoms with Crippen molar-refractivity contribution in [2.75, 3.05) is 10.8 Å². The molecule has 49 heavy (non-hydrogen) atoms. The van der Waals surface area contributed by atoms with Crippen molar-refractivity contribution in [3.05, 3.63) is 129 Å². The molecule has 0 fully saturated rings. The monoisotopic (exact) mass is 753 g/mol. The van der Waals surface area contributed by atoms with E-state index >= 15 is 0 Å². The molecule has 1 atom stereocenters. The van der Waals surface area contributed by atoms with Crippen molar-refractivity contribution >= 4 is 62.3 Å². The minimum Gasteiger partial charge on any atom is -0.350 e. The first-order valence-electron chi connectivity index (χ1n) is 14.9. The highest BCUT2D eigenvalue weighted by atomic mass is 35.5. The molecule has 0 spiro atoms. The predicted molar refractivity (Wildman–Crippen MR) is 186 cm³/mol. The van der Waals surface area contributed by atoms with Crippen molar-refractivity contribution in [2.45, 2.75) is 56.4 Å². The van der Waals surface area contributed by atoms with Crippen molar-refractivity contribution < 1.29 is 31.2 Å². The van der Waals surface area contributed by atoms with E-state index in [0.717, 1.165) is 12.1 Å². The van der Waals surface area contributed by atoms with E-state index in [1.807, 2.05) is 0 Å². The maximum Gasteiger partial charge on any atom is 0.417 e. The van der Waals surface area contributed by atoms with Crippen LogP contribution in [0.1, 0.15) is 37.5 Å². The van der Waals surface area contributed by atoms with Crippen molar-refractivity contribution in [2.24, 2.45) is 0 Å². The molecule has 0 saturated heterocycles. The molecule has 4 aromatic carbocycles. The normalized spacial score (nSPS) is 12.7. The number of halogens is 6. The SMILES string of the molecule is CC(C)(C)NC(=O)C(Cc1ccccc1)N(Cc1ccc(Cl)cc1Cl)C(=O)CN(c1ccc(Cl)c(C(F)(F)F)c1)S(=O)(=O)c1ccccc1. The Bertz CT molecular complexity index is 1910. The topological polar surface area (TPSA) is 86.8 Å². The summed E-state index contributed by atoms with van der Waals surface area (Å²) in [6.07, 6.45) is -4.91. The summed E-state index contributed by atoms with van der Waals surface area (Å²) in [4.78, 5) is 29.4. The lowest BCUT2D eigenvalue weighted by Crippen LogP contribution is -2.56. The zero-order valence-corrected chi connectivity index (χ0v) is 29.7. The number of anilines is 1. The van der Waals surface area contributed by atoms with Crippen molar-refractivity contribution in [1.82, 2.24) is 10.2 Å². The van der Waals surface area contributed by atoms with Gasteiger partial charge in [-0.1, -0.05) is 89.4 Å².